The molecule has 0 spiro atoms. The number of imide groups is 1. The molecule has 1 unspecified atom stereocenters. The molecule has 3 amide bonds. The number of amides is 3. The SMILES string of the molecule is O=C1SC(=Cc2cccs2)C(=O)N1CC(=O)N1CCCCC1CCO. The minimum Gasteiger partial charge on any atom is -0.396 e. The van der Waals surface area contributed by atoms with E-state index in [4.69, 9.17) is 0 Å². The Kier molecular flexibility index (Phi) is 5.93. The molecule has 0 aliphatic carbocycles. The molecule has 2 saturated heterocycles. The van der Waals surface area contributed by atoms with Gasteiger partial charge >= 0.3 is 0 Å². The third-order valence-corrected chi connectivity index (χ3v) is 6.12. The maximum atomic E-state index is 12.6. The number of piperidine rings is 1. The molecule has 2 aliphatic heterocycles. The first-order valence-corrected chi connectivity index (χ1v) is 9.99. The minimum absolute atomic E-state index is 0.00663. The smallest absolute Gasteiger partial charge is 0.294 e. The molecule has 134 valence electrons. The van der Waals surface area contributed by atoms with Crippen molar-refractivity contribution in [2.45, 2.75) is 31.7 Å². The van der Waals surface area contributed by atoms with Crippen molar-refractivity contribution in [1.29, 1.82) is 0 Å². The van der Waals surface area contributed by atoms with E-state index in [1.165, 1.54) is 11.3 Å². The van der Waals surface area contributed by atoms with Gasteiger partial charge in [0.2, 0.25) is 5.91 Å². The van der Waals surface area contributed by atoms with Crippen molar-refractivity contribution in [2.24, 2.45) is 0 Å². The van der Waals surface area contributed by atoms with E-state index in [-0.39, 0.29) is 25.1 Å². The van der Waals surface area contributed by atoms with Crippen molar-refractivity contribution >= 4 is 46.2 Å². The molecular formula is C17H20N2O4S2. The van der Waals surface area contributed by atoms with Gasteiger partial charge in [0.1, 0.15) is 6.54 Å². The maximum Gasteiger partial charge on any atom is 0.294 e. The number of carbonyl (C=O) groups excluding carboxylic acids is 3. The second-order valence-electron chi connectivity index (χ2n) is 6.03. The molecule has 0 saturated carbocycles. The maximum absolute atomic E-state index is 12.6. The van der Waals surface area contributed by atoms with Crippen molar-refractivity contribution in [2.75, 3.05) is 19.7 Å². The van der Waals surface area contributed by atoms with Crippen LogP contribution >= 0.6 is 23.1 Å². The number of aliphatic hydroxyl groups is 1. The fourth-order valence-corrected chi connectivity index (χ4v) is 4.70. The molecule has 25 heavy (non-hydrogen) atoms. The van der Waals surface area contributed by atoms with Gasteiger partial charge in [0.25, 0.3) is 11.1 Å². The summed E-state index contributed by atoms with van der Waals surface area (Å²) in [6, 6.07) is 3.74. The summed E-state index contributed by atoms with van der Waals surface area (Å²) in [7, 11) is 0. The number of likely N-dealkylation sites (tertiary alicyclic amines) is 1. The quantitative estimate of drug-likeness (QED) is 0.795. The molecular weight excluding hydrogens is 360 g/mol. The Morgan fingerprint density at radius 3 is 2.92 bits per heavy atom. The normalized spacial score (nSPS) is 22.9. The van der Waals surface area contributed by atoms with E-state index >= 15 is 0 Å². The lowest BCUT2D eigenvalue weighted by molar-refractivity contribution is -0.139. The van der Waals surface area contributed by atoms with E-state index in [1.807, 2.05) is 17.5 Å². The highest BCUT2D eigenvalue weighted by molar-refractivity contribution is 8.18. The van der Waals surface area contributed by atoms with Crippen LogP contribution < -0.4 is 0 Å². The van der Waals surface area contributed by atoms with Crippen LogP contribution in [0, 0.1) is 0 Å². The molecule has 3 heterocycles. The highest BCUT2D eigenvalue weighted by Crippen LogP contribution is 2.33. The van der Waals surface area contributed by atoms with E-state index in [2.05, 4.69) is 0 Å². The summed E-state index contributed by atoms with van der Waals surface area (Å²) in [5.41, 5.74) is 0. The fraction of sp³-hybridized carbons (Fsp3) is 0.471. The van der Waals surface area contributed by atoms with Gasteiger partial charge in [-0.1, -0.05) is 6.07 Å². The molecule has 6 nitrogen and oxygen atoms in total. The number of thioether (sulfide) groups is 1. The lowest BCUT2D eigenvalue weighted by Crippen LogP contribution is -2.49. The molecule has 2 aliphatic rings. The standard InChI is InChI=1S/C17H20N2O4S2/c20-8-6-12-4-1-2-7-18(12)15(21)11-19-16(22)14(25-17(19)23)10-13-5-3-9-24-13/h3,5,9-10,12,20H,1-2,4,6-8,11H2. The zero-order chi connectivity index (χ0) is 17.8. The van der Waals surface area contributed by atoms with E-state index < -0.39 is 11.1 Å². The van der Waals surface area contributed by atoms with E-state index in [9.17, 15) is 19.5 Å². The summed E-state index contributed by atoms with van der Waals surface area (Å²) in [5.74, 6) is -0.634. The third-order valence-electron chi connectivity index (χ3n) is 4.39. The summed E-state index contributed by atoms with van der Waals surface area (Å²) >= 11 is 2.36. The summed E-state index contributed by atoms with van der Waals surface area (Å²) in [6.45, 7) is 0.415. The summed E-state index contributed by atoms with van der Waals surface area (Å²) < 4.78 is 0. The Morgan fingerprint density at radius 1 is 1.36 bits per heavy atom. The largest absolute Gasteiger partial charge is 0.396 e. The van der Waals surface area contributed by atoms with Crippen molar-refractivity contribution in [3.05, 3.63) is 27.3 Å². The van der Waals surface area contributed by atoms with Crippen LogP contribution in [0.4, 0.5) is 4.79 Å². The van der Waals surface area contributed by atoms with Crippen LogP contribution in [0.3, 0.4) is 0 Å². The van der Waals surface area contributed by atoms with Crippen molar-refractivity contribution in [3.8, 4) is 0 Å². The molecule has 1 atom stereocenters. The van der Waals surface area contributed by atoms with Gasteiger partial charge in [-0.25, -0.2) is 0 Å². The number of hydrogen-bond donors (Lipinski definition) is 1. The Morgan fingerprint density at radius 2 is 2.20 bits per heavy atom. The number of aliphatic hydroxyl groups excluding tert-OH is 1. The van der Waals surface area contributed by atoms with Gasteiger partial charge in [0.05, 0.1) is 4.91 Å². The van der Waals surface area contributed by atoms with Crippen LogP contribution in [0.15, 0.2) is 22.4 Å². The average Bonchev–Trinajstić information content (AvgIpc) is 3.20. The van der Waals surface area contributed by atoms with Crippen LogP contribution in [-0.2, 0) is 9.59 Å². The fourth-order valence-electron chi connectivity index (χ4n) is 3.14. The van der Waals surface area contributed by atoms with Gasteiger partial charge in [-0.15, -0.1) is 11.3 Å². The first kappa shape index (κ1) is 18.2. The topological polar surface area (TPSA) is 77.9 Å². The number of hydrogen-bond acceptors (Lipinski definition) is 6. The van der Waals surface area contributed by atoms with Gasteiger partial charge in [-0.2, -0.15) is 0 Å². The molecule has 1 N–H and O–H groups in total. The van der Waals surface area contributed by atoms with Gasteiger partial charge in [0.15, 0.2) is 0 Å². The van der Waals surface area contributed by atoms with E-state index in [1.54, 1.807) is 11.0 Å². The predicted octanol–water partition coefficient (Wildman–Crippen LogP) is 2.55. The molecule has 0 bridgehead atoms. The van der Waals surface area contributed by atoms with Crippen LogP contribution in [0.5, 0.6) is 0 Å². The van der Waals surface area contributed by atoms with Gasteiger partial charge in [0, 0.05) is 24.1 Å². The summed E-state index contributed by atoms with van der Waals surface area (Å²) in [4.78, 5) is 41.3. The highest BCUT2D eigenvalue weighted by Gasteiger charge is 2.38. The van der Waals surface area contributed by atoms with E-state index in [0.717, 1.165) is 40.8 Å². The van der Waals surface area contributed by atoms with Gasteiger partial charge in [-0.05, 0) is 55.0 Å². The van der Waals surface area contributed by atoms with Crippen molar-refractivity contribution in [3.63, 3.8) is 0 Å². The Balaban J connectivity index is 1.68. The molecule has 1 aromatic heterocycles. The lowest BCUT2D eigenvalue weighted by atomic mass is 9.99. The van der Waals surface area contributed by atoms with Crippen molar-refractivity contribution in [1.82, 2.24) is 9.80 Å². The lowest BCUT2D eigenvalue weighted by Gasteiger charge is -2.36. The minimum atomic E-state index is -0.410. The van der Waals surface area contributed by atoms with Crippen LogP contribution in [0.1, 0.15) is 30.6 Å². The van der Waals surface area contributed by atoms with Crippen LogP contribution in [-0.4, -0.2) is 57.7 Å². The Bertz CT molecular complexity index is 685. The van der Waals surface area contributed by atoms with Crippen molar-refractivity contribution < 1.29 is 19.5 Å². The molecule has 8 heteroatoms. The number of carbonyl (C=O) groups is 3. The van der Waals surface area contributed by atoms with Gasteiger partial charge in [-0.3, -0.25) is 19.3 Å². The predicted molar refractivity (Wildman–Crippen MR) is 98.1 cm³/mol. The van der Waals surface area contributed by atoms with Crippen LogP contribution in [0.2, 0.25) is 0 Å². The molecule has 3 rings (SSSR count). The van der Waals surface area contributed by atoms with Gasteiger partial charge < -0.3 is 10.0 Å². The Labute approximate surface area is 154 Å². The number of nitrogens with zero attached hydrogens (tertiary/aromatic N) is 2. The number of rotatable bonds is 5. The summed E-state index contributed by atoms with van der Waals surface area (Å²) in [6.07, 6.45) is 5.02. The molecule has 1 aromatic rings. The second kappa shape index (κ2) is 8.16. The zero-order valence-corrected chi connectivity index (χ0v) is 15.4. The van der Waals surface area contributed by atoms with E-state index in [0.29, 0.717) is 17.9 Å². The first-order chi connectivity index (χ1) is 12.1. The Hall–Kier alpha value is -1.64. The second-order valence-corrected chi connectivity index (χ2v) is 8.00. The monoisotopic (exact) mass is 380 g/mol. The molecule has 0 aromatic carbocycles. The highest BCUT2D eigenvalue weighted by atomic mass is 32.2. The first-order valence-electron chi connectivity index (χ1n) is 8.29. The zero-order valence-electron chi connectivity index (χ0n) is 13.7. The number of thiophene rings is 1. The molecule has 2 fully saturated rings. The summed E-state index contributed by atoms with van der Waals surface area (Å²) in [5, 5.41) is 10.7. The third kappa shape index (κ3) is 4.13. The molecule has 0 radical (unpaired) electrons. The average molecular weight is 380 g/mol. The van der Waals surface area contributed by atoms with Crippen LogP contribution in [0.25, 0.3) is 6.08 Å².